The zero-order chi connectivity index (χ0) is 26.6. The van der Waals surface area contributed by atoms with Crippen LogP contribution in [0.1, 0.15) is 65.7 Å². The van der Waals surface area contributed by atoms with E-state index in [0.717, 1.165) is 77.0 Å². The van der Waals surface area contributed by atoms with Crippen molar-refractivity contribution in [2.75, 3.05) is 26.7 Å². The summed E-state index contributed by atoms with van der Waals surface area (Å²) in [7, 11) is 1.52. The first-order chi connectivity index (χ1) is 17.5. The number of likely N-dealkylation sites (tertiary alicyclic amines) is 1. The quantitative estimate of drug-likeness (QED) is 0.536. The molecule has 2 amide bonds. The highest BCUT2D eigenvalue weighted by molar-refractivity contribution is 8.14. The number of aromatic hydroxyl groups is 1. The number of phenolic OH excluding ortho intramolecular Hbond substituents is 1. The average molecular weight is 525 g/mol. The van der Waals surface area contributed by atoms with E-state index in [4.69, 9.17) is 9.47 Å². The number of likely N-dealkylation sites (N-methyl/N-ethyl adjacent to an activating group) is 1. The van der Waals surface area contributed by atoms with E-state index in [1.54, 1.807) is 0 Å². The molecule has 0 spiro atoms. The van der Waals surface area contributed by atoms with Crippen LogP contribution in [0.15, 0.2) is 24.3 Å². The number of benzene rings is 2. The zero-order valence-corrected chi connectivity index (χ0v) is 23.3. The number of phenols is 1. The van der Waals surface area contributed by atoms with Gasteiger partial charge in [-0.15, -0.1) is 0 Å². The molecule has 2 aromatic carbocycles. The molecule has 37 heavy (non-hydrogen) atoms. The number of thioether (sulfide) groups is 1. The summed E-state index contributed by atoms with van der Waals surface area (Å²) < 4.78 is 12.7. The van der Waals surface area contributed by atoms with E-state index < -0.39 is 5.25 Å². The van der Waals surface area contributed by atoms with Crippen molar-refractivity contribution < 1.29 is 24.2 Å². The normalized spacial score (nSPS) is 25.0. The maximum Gasteiger partial charge on any atom is 0.289 e. The number of amides is 2. The lowest BCUT2D eigenvalue weighted by atomic mass is 9.82. The Labute approximate surface area is 223 Å². The number of imide groups is 1. The van der Waals surface area contributed by atoms with Crippen molar-refractivity contribution in [3.05, 3.63) is 52.1 Å². The molecule has 2 fully saturated rings. The number of nitrogens with zero attached hydrogens (tertiary/aromatic N) is 2. The molecule has 3 heterocycles. The van der Waals surface area contributed by atoms with Gasteiger partial charge < -0.3 is 14.6 Å². The topological polar surface area (TPSA) is 79.3 Å². The summed E-state index contributed by atoms with van der Waals surface area (Å²) >= 11 is 1.05. The third-order valence-electron chi connectivity index (χ3n) is 8.40. The second kappa shape index (κ2) is 9.55. The van der Waals surface area contributed by atoms with Gasteiger partial charge in [-0.3, -0.25) is 19.4 Å². The average Bonchev–Trinajstić information content (AvgIpc) is 3.51. The van der Waals surface area contributed by atoms with Gasteiger partial charge in [0.05, 0.1) is 0 Å². The molecule has 0 radical (unpaired) electrons. The SMILES string of the molecule is Cc1c(C)c2c(c(C)c1O)C(CN1CCC[C@@H]1COc1ccc(C3SC(=O)N(C)C3=O)cc1)C(C)(C)O2. The van der Waals surface area contributed by atoms with E-state index in [2.05, 4.69) is 18.7 Å². The maximum absolute atomic E-state index is 12.3. The first kappa shape index (κ1) is 25.9. The Morgan fingerprint density at radius 2 is 1.81 bits per heavy atom. The Bertz CT molecular complexity index is 1240. The van der Waals surface area contributed by atoms with Gasteiger partial charge in [0.2, 0.25) is 5.91 Å². The molecule has 1 N–H and O–H groups in total. The standard InChI is InChI=1S/C29H36N2O5S/c1-16-17(2)25-23(18(3)24(16)32)22(29(4,5)36-25)14-31-13-7-8-20(31)15-35-21-11-9-19(10-12-21)26-27(33)30(6)28(34)37-26/h9-12,20,22,26,32H,7-8,13-15H2,1-6H3/t20-,22?,26?/m1/s1. The number of carbonyl (C=O) groups excluding carboxylic acids is 2. The van der Waals surface area contributed by atoms with Crippen molar-refractivity contribution in [2.45, 2.75) is 70.3 Å². The van der Waals surface area contributed by atoms with Gasteiger partial charge in [0.1, 0.15) is 34.7 Å². The highest BCUT2D eigenvalue weighted by Crippen LogP contribution is 2.52. The first-order valence-electron chi connectivity index (χ1n) is 13.0. The Morgan fingerprint density at radius 3 is 2.46 bits per heavy atom. The summed E-state index contributed by atoms with van der Waals surface area (Å²) in [4.78, 5) is 27.8. The summed E-state index contributed by atoms with van der Waals surface area (Å²) in [6, 6.07) is 7.80. The van der Waals surface area contributed by atoms with E-state index in [0.29, 0.717) is 18.4 Å². The van der Waals surface area contributed by atoms with Crippen LogP contribution in [0, 0.1) is 20.8 Å². The predicted octanol–water partition coefficient (Wildman–Crippen LogP) is 5.48. The van der Waals surface area contributed by atoms with E-state index in [1.807, 2.05) is 45.0 Å². The molecule has 3 aliphatic rings. The number of carbonyl (C=O) groups is 2. The number of hydrogen-bond donors (Lipinski definition) is 1. The van der Waals surface area contributed by atoms with Crippen LogP contribution in [0.25, 0.3) is 0 Å². The molecule has 5 rings (SSSR count). The summed E-state index contributed by atoms with van der Waals surface area (Å²) in [5.74, 6) is 2.03. The molecule has 2 unspecified atom stereocenters. The Balaban J connectivity index is 1.27. The molecular weight excluding hydrogens is 488 g/mol. The minimum atomic E-state index is -0.480. The number of hydrogen-bond acceptors (Lipinski definition) is 7. The molecule has 0 bridgehead atoms. The van der Waals surface area contributed by atoms with Crippen molar-refractivity contribution >= 4 is 22.9 Å². The highest BCUT2D eigenvalue weighted by atomic mass is 32.2. The lowest BCUT2D eigenvalue weighted by Crippen LogP contribution is -2.42. The molecule has 7 nitrogen and oxygen atoms in total. The monoisotopic (exact) mass is 524 g/mol. The molecular formula is C29H36N2O5S. The summed E-state index contributed by atoms with van der Waals surface area (Å²) in [5.41, 5.74) is 4.41. The third-order valence-corrected chi connectivity index (χ3v) is 9.59. The molecule has 8 heteroatoms. The minimum absolute atomic E-state index is 0.148. The fourth-order valence-electron chi connectivity index (χ4n) is 5.87. The Morgan fingerprint density at radius 1 is 1.11 bits per heavy atom. The van der Waals surface area contributed by atoms with E-state index >= 15 is 0 Å². The first-order valence-corrected chi connectivity index (χ1v) is 13.8. The number of rotatable bonds is 6. The fraction of sp³-hybridized carbons (Fsp3) is 0.517. The Kier molecular flexibility index (Phi) is 6.69. The van der Waals surface area contributed by atoms with Gasteiger partial charge >= 0.3 is 0 Å². The van der Waals surface area contributed by atoms with Gasteiger partial charge in [-0.2, -0.15) is 0 Å². The second-order valence-corrected chi connectivity index (χ2v) is 12.1. The predicted molar refractivity (Wildman–Crippen MR) is 145 cm³/mol. The van der Waals surface area contributed by atoms with Crippen LogP contribution in [0.4, 0.5) is 4.79 Å². The van der Waals surface area contributed by atoms with Gasteiger partial charge in [-0.1, -0.05) is 12.1 Å². The summed E-state index contributed by atoms with van der Waals surface area (Å²) in [6.07, 6.45) is 2.19. The van der Waals surface area contributed by atoms with Crippen molar-refractivity contribution in [2.24, 2.45) is 0 Å². The summed E-state index contributed by atoms with van der Waals surface area (Å²) in [5, 5.41) is 10.1. The second-order valence-electron chi connectivity index (χ2n) is 11.1. The molecule has 2 saturated heterocycles. The molecule has 0 aromatic heterocycles. The number of fused-ring (bicyclic) bond motifs is 1. The van der Waals surface area contributed by atoms with Crippen LogP contribution in [-0.2, 0) is 4.79 Å². The van der Waals surface area contributed by atoms with E-state index in [9.17, 15) is 14.7 Å². The van der Waals surface area contributed by atoms with Gasteiger partial charge in [-0.25, -0.2) is 0 Å². The van der Waals surface area contributed by atoms with Crippen LogP contribution < -0.4 is 9.47 Å². The van der Waals surface area contributed by atoms with E-state index in [1.165, 1.54) is 11.9 Å². The Hall–Kier alpha value is -2.71. The van der Waals surface area contributed by atoms with Crippen LogP contribution >= 0.6 is 11.8 Å². The molecule has 0 aliphatic carbocycles. The van der Waals surface area contributed by atoms with Crippen LogP contribution in [-0.4, -0.2) is 64.4 Å². The van der Waals surface area contributed by atoms with Crippen molar-refractivity contribution in [3.63, 3.8) is 0 Å². The number of ether oxygens (including phenoxy) is 2. The third kappa shape index (κ3) is 4.48. The minimum Gasteiger partial charge on any atom is -0.507 e. The zero-order valence-electron chi connectivity index (χ0n) is 22.5. The van der Waals surface area contributed by atoms with Crippen LogP contribution in [0.3, 0.4) is 0 Å². The molecule has 3 atom stereocenters. The van der Waals surface area contributed by atoms with Gasteiger partial charge in [0.15, 0.2) is 0 Å². The lowest BCUT2D eigenvalue weighted by Gasteiger charge is -2.33. The van der Waals surface area contributed by atoms with Crippen LogP contribution in [0.2, 0.25) is 0 Å². The van der Waals surface area contributed by atoms with Crippen molar-refractivity contribution in [1.82, 2.24) is 9.80 Å². The van der Waals surface area contributed by atoms with Gasteiger partial charge in [0, 0.05) is 31.1 Å². The fourth-order valence-corrected chi connectivity index (χ4v) is 6.87. The largest absolute Gasteiger partial charge is 0.507 e. The molecule has 0 saturated carbocycles. The molecule has 2 aromatic rings. The molecule has 198 valence electrons. The highest BCUT2D eigenvalue weighted by Gasteiger charge is 2.46. The van der Waals surface area contributed by atoms with Crippen molar-refractivity contribution in [1.29, 1.82) is 0 Å². The molecule has 3 aliphatic heterocycles. The smallest absolute Gasteiger partial charge is 0.289 e. The maximum atomic E-state index is 12.3. The van der Waals surface area contributed by atoms with E-state index in [-0.39, 0.29) is 22.7 Å². The van der Waals surface area contributed by atoms with Crippen LogP contribution in [0.5, 0.6) is 17.2 Å². The van der Waals surface area contributed by atoms with Crippen molar-refractivity contribution in [3.8, 4) is 17.2 Å². The lowest BCUT2D eigenvalue weighted by molar-refractivity contribution is -0.125. The van der Waals surface area contributed by atoms with Gasteiger partial charge in [0.25, 0.3) is 5.24 Å². The van der Waals surface area contributed by atoms with Gasteiger partial charge in [-0.05, 0) is 100 Å². The summed E-state index contributed by atoms with van der Waals surface area (Å²) in [6.45, 7) is 12.7.